The molecule has 3 aromatic carbocycles. The fourth-order valence-electron chi connectivity index (χ4n) is 2.87. The van der Waals surface area contributed by atoms with Crippen LogP contribution in [-0.2, 0) is 0 Å². The molecule has 0 unspecified atom stereocenters. The first-order valence-corrected chi connectivity index (χ1v) is 11.2. The Labute approximate surface area is 207 Å². The summed E-state index contributed by atoms with van der Waals surface area (Å²) in [5, 5.41) is 4.60. The summed E-state index contributed by atoms with van der Waals surface area (Å²) in [5.74, 6) is 0.275. The maximum atomic E-state index is 12.5. The van der Waals surface area contributed by atoms with E-state index >= 15 is 0 Å². The van der Waals surface area contributed by atoms with Gasteiger partial charge >= 0.3 is 5.97 Å². The van der Waals surface area contributed by atoms with Gasteiger partial charge in [-0.25, -0.2) is 10.2 Å². The van der Waals surface area contributed by atoms with Crippen LogP contribution in [0.5, 0.6) is 17.2 Å². The van der Waals surface area contributed by atoms with Gasteiger partial charge in [0.25, 0.3) is 5.91 Å². The minimum atomic E-state index is -0.530. The second-order valence-electron chi connectivity index (χ2n) is 6.81. The number of benzene rings is 3. The van der Waals surface area contributed by atoms with Gasteiger partial charge in [0.05, 0.1) is 35.6 Å². The van der Waals surface area contributed by atoms with Crippen molar-refractivity contribution < 1.29 is 23.8 Å². The van der Waals surface area contributed by atoms with Gasteiger partial charge in [-0.2, -0.15) is 5.10 Å². The highest BCUT2D eigenvalue weighted by Gasteiger charge is 2.14. The van der Waals surface area contributed by atoms with E-state index in [9.17, 15) is 9.59 Å². The fraction of sp³-hybridized carbons (Fsp3) is 0.160. The molecule has 0 spiro atoms. The summed E-state index contributed by atoms with van der Waals surface area (Å²) in [6.07, 6.45) is 1.43. The van der Waals surface area contributed by atoms with Gasteiger partial charge in [-0.15, -0.1) is 0 Å². The molecule has 0 radical (unpaired) electrons. The van der Waals surface area contributed by atoms with Crippen LogP contribution in [0, 0.1) is 0 Å². The predicted molar refractivity (Wildman–Crippen MR) is 132 cm³/mol. The van der Waals surface area contributed by atoms with E-state index in [-0.39, 0.29) is 16.3 Å². The van der Waals surface area contributed by atoms with Crippen LogP contribution in [0.3, 0.4) is 0 Å². The predicted octanol–water partition coefficient (Wildman–Crippen LogP) is 5.77. The highest BCUT2D eigenvalue weighted by atomic mass is 35.5. The van der Waals surface area contributed by atoms with Crippen molar-refractivity contribution in [3.63, 3.8) is 0 Å². The van der Waals surface area contributed by atoms with Crippen LogP contribution in [-0.4, -0.2) is 31.3 Å². The topological polar surface area (TPSA) is 86.2 Å². The number of esters is 1. The summed E-state index contributed by atoms with van der Waals surface area (Å²) in [7, 11) is 0. The number of hydrogen-bond donors (Lipinski definition) is 1. The molecule has 1 amide bonds. The molecule has 0 aliphatic heterocycles. The lowest BCUT2D eigenvalue weighted by Gasteiger charge is -2.11. The Bertz CT molecular complexity index is 1200. The van der Waals surface area contributed by atoms with Crippen LogP contribution in [0.4, 0.5) is 0 Å². The van der Waals surface area contributed by atoms with Gasteiger partial charge in [-0.1, -0.05) is 23.2 Å². The minimum absolute atomic E-state index is 0.220. The Morgan fingerprint density at radius 3 is 2.32 bits per heavy atom. The number of nitrogens with zero attached hydrogens (tertiary/aromatic N) is 1. The molecule has 0 aromatic heterocycles. The largest absolute Gasteiger partial charge is 0.494 e. The Morgan fingerprint density at radius 1 is 0.912 bits per heavy atom. The zero-order valence-corrected chi connectivity index (χ0v) is 20.0. The molecule has 1 N–H and O–H groups in total. The van der Waals surface area contributed by atoms with Gasteiger partial charge in [0.2, 0.25) is 0 Å². The second kappa shape index (κ2) is 12.1. The van der Waals surface area contributed by atoms with E-state index in [0.29, 0.717) is 40.9 Å². The van der Waals surface area contributed by atoms with Crippen molar-refractivity contribution in [2.45, 2.75) is 13.8 Å². The molecule has 7 nitrogen and oxygen atoms in total. The third-order valence-electron chi connectivity index (χ3n) is 4.43. The zero-order valence-electron chi connectivity index (χ0n) is 18.5. The summed E-state index contributed by atoms with van der Waals surface area (Å²) in [6, 6.07) is 16.1. The molecule has 176 valence electrons. The quantitative estimate of drug-likeness (QED) is 0.174. The van der Waals surface area contributed by atoms with Crippen LogP contribution in [0.15, 0.2) is 65.8 Å². The molecule has 34 heavy (non-hydrogen) atoms. The number of ether oxygens (including phenoxy) is 3. The van der Waals surface area contributed by atoms with Gasteiger partial charge in [0.1, 0.15) is 5.75 Å². The molecule has 0 fully saturated rings. The highest BCUT2D eigenvalue weighted by molar-refractivity contribution is 6.36. The van der Waals surface area contributed by atoms with Crippen LogP contribution >= 0.6 is 23.2 Å². The van der Waals surface area contributed by atoms with Gasteiger partial charge < -0.3 is 14.2 Å². The van der Waals surface area contributed by atoms with Crippen molar-refractivity contribution in [2.75, 3.05) is 13.2 Å². The van der Waals surface area contributed by atoms with Crippen molar-refractivity contribution in [1.29, 1.82) is 0 Å². The standard InChI is InChI=1S/C25H22Cl2N2O5/c1-3-32-19-9-6-17(7-10-19)25(31)34-22-12-5-16(13-23(22)33-4-2)15-28-29-24(30)20-11-8-18(26)14-21(20)27/h5-15H,3-4H2,1-2H3,(H,29,30)/b28-15+. The molecule has 3 aromatic rings. The molecule has 3 rings (SSSR count). The van der Waals surface area contributed by atoms with Gasteiger partial charge in [-0.3, -0.25) is 4.79 Å². The Morgan fingerprint density at radius 2 is 1.65 bits per heavy atom. The van der Waals surface area contributed by atoms with Gasteiger partial charge in [-0.05, 0) is 80.1 Å². The summed E-state index contributed by atoms with van der Waals surface area (Å²) in [6.45, 7) is 4.60. The Balaban J connectivity index is 1.69. The third-order valence-corrected chi connectivity index (χ3v) is 4.97. The summed E-state index contributed by atoms with van der Waals surface area (Å²) >= 11 is 11.9. The van der Waals surface area contributed by atoms with Crippen LogP contribution < -0.4 is 19.6 Å². The van der Waals surface area contributed by atoms with E-state index in [0.717, 1.165) is 0 Å². The Kier molecular flexibility index (Phi) is 8.90. The van der Waals surface area contributed by atoms with Crippen molar-refractivity contribution in [2.24, 2.45) is 5.10 Å². The maximum absolute atomic E-state index is 12.5. The van der Waals surface area contributed by atoms with Crippen LogP contribution in [0.25, 0.3) is 0 Å². The highest BCUT2D eigenvalue weighted by Crippen LogP contribution is 2.29. The van der Waals surface area contributed by atoms with Gasteiger partial charge in [0, 0.05) is 5.02 Å². The van der Waals surface area contributed by atoms with Crippen LogP contribution in [0.2, 0.25) is 10.0 Å². The number of amides is 1. The fourth-order valence-corrected chi connectivity index (χ4v) is 3.36. The average Bonchev–Trinajstić information content (AvgIpc) is 2.81. The van der Waals surface area contributed by atoms with E-state index in [4.69, 9.17) is 37.4 Å². The second-order valence-corrected chi connectivity index (χ2v) is 7.65. The molecule has 0 heterocycles. The molecule has 0 saturated carbocycles. The van der Waals surface area contributed by atoms with E-state index < -0.39 is 11.9 Å². The Hall–Kier alpha value is -3.55. The lowest BCUT2D eigenvalue weighted by Crippen LogP contribution is -2.18. The zero-order chi connectivity index (χ0) is 24.5. The lowest BCUT2D eigenvalue weighted by molar-refractivity contribution is 0.0728. The van der Waals surface area contributed by atoms with Crippen molar-refractivity contribution >= 4 is 41.3 Å². The molecular formula is C25H22Cl2N2O5. The normalized spacial score (nSPS) is 10.7. The van der Waals surface area contributed by atoms with E-state index in [2.05, 4.69) is 10.5 Å². The van der Waals surface area contributed by atoms with Crippen molar-refractivity contribution in [1.82, 2.24) is 5.43 Å². The van der Waals surface area contributed by atoms with Crippen molar-refractivity contribution in [3.05, 3.63) is 87.4 Å². The summed E-state index contributed by atoms with van der Waals surface area (Å²) < 4.78 is 16.5. The molecule has 0 bridgehead atoms. The summed E-state index contributed by atoms with van der Waals surface area (Å²) in [5.41, 5.74) is 3.65. The van der Waals surface area contributed by atoms with Gasteiger partial charge in [0.15, 0.2) is 11.5 Å². The molecular weight excluding hydrogens is 479 g/mol. The molecule has 0 saturated heterocycles. The number of rotatable bonds is 9. The number of carbonyl (C=O) groups excluding carboxylic acids is 2. The number of hydrazone groups is 1. The molecule has 0 aliphatic rings. The first-order valence-electron chi connectivity index (χ1n) is 10.4. The smallest absolute Gasteiger partial charge is 0.343 e. The third kappa shape index (κ3) is 6.73. The van der Waals surface area contributed by atoms with E-state index in [1.54, 1.807) is 48.5 Å². The number of halogens is 2. The first kappa shape index (κ1) is 25.1. The average molecular weight is 501 g/mol. The number of hydrogen-bond acceptors (Lipinski definition) is 6. The molecule has 0 atom stereocenters. The summed E-state index contributed by atoms with van der Waals surface area (Å²) in [4.78, 5) is 24.8. The monoisotopic (exact) mass is 500 g/mol. The first-order chi connectivity index (χ1) is 16.4. The van der Waals surface area contributed by atoms with E-state index in [1.807, 2.05) is 13.8 Å². The lowest BCUT2D eigenvalue weighted by atomic mass is 10.2. The number of nitrogens with one attached hydrogen (secondary N) is 1. The van der Waals surface area contributed by atoms with Crippen LogP contribution in [0.1, 0.15) is 40.1 Å². The maximum Gasteiger partial charge on any atom is 0.343 e. The van der Waals surface area contributed by atoms with Crippen molar-refractivity contribution in [3.8, 4) is 17.2 Å². The number of carbonyl (C=O) groups is 2. The molecule has 9 heteroatoms. The SMILES string of the molecule is CCOc1ccc(C(=O)Oc2ccc(/C=N/NC(=O)c3ccc(Cl)cc3Cl)cc2OCC)cc1. The minimum Gasteiger partial charge on any atom is -0.494 e. The van der Waals surface area contributed by atoms with E-state index in [1.165, 1.54) is 18.3 Å². The molecule has 0 aliphatic carbocycles.